The number of aromatic amines is 1. The molecule has 0 saturated carbocycles. The van der Waals surface area contributed by atoms with Gasteiger partial charge in [-0.15, -0.1) is 11.3 Å². The van der Waals surface area contributed by atoms with Crippen molar-refractivity contribution < 1.29 is 4.79 Å². The number of H-pyrrole nitrogens is 1. The van der Waals surface area contributed by atoms with Crippen molar-refractivity contribution in [2.24, 2.45) is 0 Å². The number of amides is 1. The average molecular weight is 433 g/mol. The number of hydrogen-bond donors (Lipinski definition) is 2. The smallest absolute Gasteiger partial charge is 0.251 e. The van der Waals surface area contributed by atoms with E-state index in [1.807, 2.05) is 35.7 Å². The normalized spacial score (nSPS) is 11.9. The molecule has 0 aliphatic carbocycles. The predicted octanol–water partition coefficient (Wildman–Crippen LogP) is 4.27. The molecule has 146 valence electrons. The molecular formula is C19H20N4O2S3. The summed E-state index contributed by atoms with van der Waals surface area (Å²) in [6, 6.07) is 11.3. The molecule has 0 fully saturated rings. The summed E-state index contributed by atoms with van der Waals surface area (Å²) in [5.41, 5.74) is 2.35. The van der Waals surface area contributed by atoms with E-state index in [-0.39, 0.29) is 11.5 Å². The van der Waals surface area contributed by atoms with Crippen molar-refractivity contribution in [3.8, 4) is 11.3 Å². The molecule has 2 aromatic heterocycles. The van der Waals surface area contributed by atoms with Gasteiger partial charge in [0.2, 0.25) is 5.91 Å². The Morgan fingerprint density at radius 1 is 1.29 bits per heavy atom. The number of nitrogens with one attached hydrogen (secondary N) is 2. The first-order chi connectivity index (χ1) is 13.5. The van der Waals surface area contributed by atoms with Gasteiger partial charge in [-0.05, 0) is 12.7 Å². The molecule has 3 rings (SSSR count). The second kappa shape index (κ2) is 9.90. The summed E-state index contributed by atoms with van der Waals surface area (Å²) in [7, 11) is 0. The van der Waals surface area contributed by atoms with E-state index in [2.05, 4.69) is 27.2 Å². The third-order valence-electron chi connectivity index (χ3n) is 3.69. The van der Waals surface area contributed by atoms with Gasteiger partial charge in [0, 0.05) is 22.8 Å². The first kappa shape index (κ1) is 20.6. The van der Waals surface area contributed by atoms with Crippen molar-refractivity contribution in [1.29, 1.82) is 0 Å². The molecule has 2 heterocycles. The first-order valence-electron chi connectivity index (χ1n) is 8.71. The van der Waals surface area contributed by atoms with Gasteiger partial charge in [0.25, 0.3) is 5.56 Å². The van der Waals surface area contributed by atoms with E-state index in [9.17, 15) is 9.59 Å². The van der Waals surface area contributed by atoms with E-state index < -0.39 is 5.25 Å². The number of thiazole rings is 1. The van der Waals surface area contributed by atoms with Gasteiger partial charge in [0.05, 0.1) is 16.6 Å². The lowest BCUT2D eigenvalue weighted by molar-refractivity contribution is -0.115. The highest BCUT2D eigenvalue weighted by Gasteiger charge is 2.18. The molecule has 0 aliphatic heterocycles. The van der Waals surface area contributed by atoms with Crippen molar-refractivity contribution in [3.05, 3.63) is 57.8 Å². The SMILES string of the molecule is CCSCc1cc(=O)[nH]c(SC(C)C(=O)Nc2nc(-c3ccccc3)cs2)n1. The maximum atomic E-state index is 12.5. The maximum Gasteiger partial charge on any atom is 0.251 e. The average Bonchev–Trinajstić information content (AvgIpc) is 3.15. The number of thioether (sulfide) groups is 2. The van der Waals surface area contributed by atoms with Crippen LogP contribution in [-0.4, -0.2) is 31.9 Å². The summed E-state index contributed by atoms with van der Waals surface area (Å²) in [6.07, 6.45) is 0. The summed E-state index contributed by atoms with van der Waals surface area (Å²) in [5.74, 6) is 1.44. The van der Waals surface area contributed by atoms with Crippen LogP contribution >= 0.6 is 34.9 Å². The summed E-state index contributed by atoms with van der Waals surface area (Å²) in [6.45, 7) is 3.83. The number of carbonyl (C=O) groups is 1. The van der Waals surface area contributed by atoms with Crippen LogP contribution in [0.4, 0.5) is 5.13 Å². The molecule has 1 amide bonds. The highest BCUT2D eigenvalue weighted by atomic mass is 32.2. The van der Waals surface area contributed by atoms with E-state index in [1.165, 1.54) is 29.2 Å². The predicted molar refractivity (Wildman–Crippen MR) is 118 cm³/mol. The zero-order chi connectivity index (χ0) is 19.9. The van der Waals surface area contributed by atoms with Crippen molar-refractivity contribution in [3.63, 3.8) is 0 Å². The Labute approximate surface area is 175 Å². The minimum absolute atomic E-state index is 0.185. The molecule has 6 nitrogen and oxygen atoms in total. The summed E-state index contributed by atoms with van der Waals surface area (Å²) in [4.78, 5) is 35.9. The molecule has 2 N–H and O–H groups in total. The van der Waals surface area contributed by atoms with Crippen LogP contribution in [0.5, 0.6) is 0 Å². The molecule has 3 aromatic rings. The maximum absolute atomic E-state index is 12.5. The highest BCUT2D eigenvalue weighted by Crippen LogP contribution is 2.26. The van der Waals surface area contributed by atoms with E-state index in [0.717, 1.165) is 22.7 Å². The quantitative estimate of drug-likeness (QED) is 0.408. The van der Waals surface area contributed by atoms with E-state index >= 15 is 0 Å². The fourth-order valence-electron chi connectivity index (χ4n) is 2.32. The second-order valence-electron chi connectivity index (χ2n) is 5.83. The topological polar surface area (TPSA) is 87.7 Å². The lowest BCUT2D eigenvalue weighted by Crippen LogP contribution is -2.23. The number of aromatic nitrogens is 3. The Hall–Kier alpha value is -2.10. The van der Waals surface area contributed by atoms with Gasteiger partial charge < -0.3 is 10.3 Å². The summed E-state index contributed by atoms with van der Waals surface area (Å²) < 4.78 is 0. The third kappa shape index (κ3) is 5.70. The van der Waals surface area contributed by atoms with Crippen LogP contribution < -0.4 is 10.9 Å². The molecule has 1 aromatic carbocycles. The molecule has 0 spiro atoms. The molecule has 9 heteroatoms. The molecule has 28 heavy (non-hydrogen) atoms. The Morgan fingerprint density at radius 3 is 2.82 bits per heavy atom. The van der Waals surface area contributed by atoms with Gasteiger partial charge in [-0.1, -0.05) is 49.0 Å². The molecular weight excluding hydrogens is 412 g/mol. The standard InChI is InChI=1S/C19H20N4O2S3/c1-3-26-10-14-9-16(24)22-19(20-14)28-12(2)17(25)23-18-21-15(11-27-18)13-7-5-4-6-8-13/h4-9,11-12H,3,10H2,1-2H3,(H,20,22,24)(H,21,23,25). The Balaban J connectivity index is 1.63. The highest BCUT2D eigenvalue weighted by molar-refractivity contribution is 8.00. The number of hydrogen-bond acceptors (Lipinski definition) is 7. The number of rotatable bonds is 8. The van der Waals surface area contributed by atoms with E-state index in [1.54, 1.807) is 18.7 Å². The van der Waals surface area contributed by atoms with Crippen LogP contribution in [0, 0.1) is 0 Å². The van der Waals surface area contributed by atoms with E-state index in [0.29, 0.717) is 16.0 Å². The molecule has 1 unspecified atom stereocenters. The van der Waals surface area contributed by atoms with Crippen LogP contribution in [-0.2, 0) is 10.5 Å². The van der Waals surface area contributed by atoms with Crippen LogP contribution in [0.3, 0.4) is 0 Å². The molecule has 0 saturated heterocycles. The van der Waals surface area contributed by atoms with Gasteiger partial charge in [0.15, 0.2) is 10.3 Å². The number of anilines is 1. The zero-order valence-corrected chi connectivity index (χ0v) is 17.9. The summed E-state index contributed by atoms with van der Waals surface area (Å²) in [5, 5.41) is 5.32. The first-order valence-corrected chi connectivity index (χ1v) is 11.6. The van der Waals surface area contributed by atoms with Crippen LogP contribution in [0.15, 0.2) is 51.7 Å². The van der Waals surface area contributed by atoms with Crippen LogP contribution in [0.2, 0.25) is 0 Å². The van der Waals surface area contributed by atoms with Gasteiger partial charge in [-0.3, -0.25) is 9.59 Å². The van der Waals surface area contributed by atoms with Crippen molar-refractivity contribution in [1.82, 2.24) is 15.0 Å². The van der Waals surface area contributed by atoms with Gasteiger partial charge in [-0.2, -0.15) is 11.8 Å². The van der Waals surface area contributed by atoms with Crippen molar-refractivity contribution in [2.75, 3.05) is 11.1 Å². The molecule has 0 bridgehead atoms. The lowest BCUT2D eigenvalue weighted by atomic mass is 10.2. The minimum atomic E-state index is -0.429. The lowest BCUT2D eigenvalue weighted by Gasteiger charge is -2.10. The van der Waals surface area contributed by atoms with E-state index in [4.69, 9.17) is 0 Å². The zero-order valence-electron chi connectivity index (χ0n) is 15.5. The molecule has 0 aliphatic rings. The Bertz CT molecular complexity index is 988. The van der Waals surface area contributed by atoms with Crippen molar-refractivity contribution >= 4 is 45.9 Å². The van der Waals surface area contributed by atoms with Crippen LogP contribution in [0.1, 0.15) is 19.5 Å². The molecule has 1 atom stereocenters. The van der Waals surface area contributed by atoms with Gasteiger partial charge in [0.1, 0.15) is 0 Å². The number of carbonyl (C=O) groups excluding carboxylic acids is 1. The second-order valence-corrected chi connectivity index (χ2v) is 9.29. The molecule has 0 radical (unpaired) electrons. The number of benzene rings is 1. The third-order valence-corrected chi connectivity index (χ3v) is 6.34. The fourth-order valence-corrected chi connectivity index (χ4v) is 4.43. The Kier molecular flexibility index (Phi) is 7.30. The summed E-state index contributed by atoms with van der Waals surface area (Å²) >= 11 is 4.30. The van der Waals surface area contributed by atoms with Gasteiger partial charge in [-0.25, -0.2) is 9.97 Å². The van der Waals surface area contributed by atoms with Crippen LogP contribution in [0.25, 0.3) is 11.3 Å². The Morgan fingerprint density at radius 2 is 2.07 bits per heavy atom. The van der Waals surface area contributed by atoms with Crippen molar-refractivity contribution in [2.45, 2.75) is 30.0 Å². The monoisotopic (exact) mass is 432 g/mol. The number of nitrogens with zero attached hydrogens (tertiary/aromatic N) is 2. The minimum Gasteiger partial charge on any atom is -0.301 e. The largest absolute Gasteiger partial charge is 0.301 e. The van der Waals surface area contributed by atoms with Gasteiger partial charge >= 0.3 is 0 Å². The fraction of sp³-hybridized carbons (Fsp3) is 0.263.